The zero-order valence-electron chi connectivity index (χ0n) is 12.8. The SMILES string of the molecule is CC1CCN(C(=O)O)[C@@H](C(=O)NS(=O)(=O)Cc2ccccc2)C1. The van der Waals surface area contributed by atoms with E-state index in [-0.39, 0.29) is 18.2 Å². The number of sulfonamides is 1. The molecule has 1 aromatic carbocycles. The number of carbonyl (C=O) groups excluding carboxylic acids is 1. The van der Waals surface area contributed by atoms with Gasteiger partial charge in [-0.2, -0.15) is 0 Å². The fraction of sp³-hybridized carbons (Fsp3) is 0.467. The molecule has 2 atom stereocenters. The summed E-state index contributed by atoms with van der Waals surface area (Å²) in [5.74, 6) is -0.942. The van der Waals surface area contributed by atoms with E-state index in [0.29, 0.717) is 18.4 Å². The Morgan fingerprint density at radius 1 is 1.30 bits per heavy atom. The Morgan fingerprint density at radius 2 is 1.96 bits per heavy atom. The van der Waals surface area contributed by atoms with Crippen LogP contribution in [0.5, 0.6) is 0 Å². The highest BCUT2D eigenvalue weighted by molar-refractivity contribution is 7.89. The number of hydrogen-bond acceptors (Lipinski definition) is 4. The first-order valence-corrected chi connectivity index (χ1v) is 9.01. The van der Waals surface area contributed by atoms with Gasteiger partial charge in [-0.1, -0.05) is 37.3 Å². The van der Waals surface area contributed by atoms with Gasteiger partial charge in [0.15, 0.2) is 0 Å². The molecular weight excluding hydrogens is 320 g/mol. The Balaban J connectivity index is 2.08. The van der Waals surface area contributed by atoms with E-state index in [1.54, 1.807) is 30.3 Å². The molecule has 0 saturated carbocycles. The summed E-state index contributed by atoms with van der Waals surface area (Å²) in [7, 11) is -3.87. The highest BCUT2D eigenvalue weighted by atomic mass is 32.2. The minimum atomic E-state index is -3.87. The van der Waals surface area contributed by atoms with Gasteiger partial charge in [0.1, 0.15) is 6.04 Å². The molecule has 0 radical (unpaired) electrons. The summed E-state index contributed by atoms with van der Waals surface area (Å²) in [5.41, 5.74) is 0.555. The van der Waals surface area contributed by atoms with Crippen molar-refractivity contribution < 1.29 is 23.1 Å². The van der Waals surface area contributed by atoms with E-state index < -0.39 is 28.1 Å². The van der Waals surface area contributed by atoms with Gasteiger partial charge in [-0.05, 0) is 24.3 Å². The van der Waals surface area contributed by atoms with E-state index in [2.05, 4.69) is 0 Å². The van der Waals surface area contributed by atoms with Crippen LogP contribution in [0.15, 0.2) is 30.3 Å². The maximum absolute atomic E-state index is 12.3. The molecule has 0 bridgehead atoms. The summed E-state index contributed by atoms with van der Waals surface area (Å²) in [5, 5.41) is 9.17. The smallest absolute Gasteiger partial charge is 0.407 e. The van der Waals surface area contributed by atoms with Crippen molar-refractivity contribution in [3.8, 4) is 0 Å². The molecule has 1 aliphatic rings. The van der Waals surface area contributed by atoms with Gasteiger partial charge < -0.3 is 5.11 Å². The number of carbonyl (C=O) groups is 2. The topological polar surface area (TPSA) is 104 Å². The zero-order valence-corrected chi connectivity index (χ0v) is 13.6. The summed E-state index contributed by atoms with van der Waals surface area (Å²) in [6, 6.07) is 7.51. The normalized spacial score (nSPS) is 21.7. The summed E-state index contributed by atoms with van der Waals surface area (Å²) in [6.45, 7) is 2.14. The largest absolute Gasteiger partial charge is 0.465 e. The first-order valence-electron chi connectivity index (χ1n) is 7.36. The van der Waals surface area contributed by atoms with Gasteiger partial charge in [-0.3, -0.25) is 14.4 Å². The van der Waals surface area contributed by atoms with E-state index in [9.17, 15) is 23.1 Å². The van der Waals surface area contributed by atoms with Crippen molar-refractivity contribution in [1.82, 2.24) is 9.62 Å². The Kier molecular flexibility index (Phi) is 5.25. The molecule has 0 aliphatic carbocycles. The van der Waals surface area contributed by atoms with Gasteiger partial charge in [-0.15, -0.1) is 0 Å². The standard InChI is InChI=1S/C15H20N2O5S/c1-11-7-8-17(15(19)20)13(9-11)14(18)16-23(21,22)10-12-5-3-2-4-6-12/h2-6,11,13H,7-10H2,1H3,(H,16,18)(H,19,20)/t11?,13-/m1/s1. The van der Waals surface area contributed by atoms with E-state index in [1.807, 2.05) is 11.6 Å². The predicted molar refractivity (Wildman–Crippen MR) is 84.1 cm³/mol. The Labute approximate surface area is 135 Å². The second-order valence-electron chi connectivity index (χ2n) is 5.83. The second kappa shape index (κ2) is 6.99. The average Bonchev–Trinajstić information content (AvgIpc) is 2.46. The van der Waals surface area contributed by atoms with Crippen LogP contribution in [0.1, 0.15) is 25.3 Å². The second-order valence-corrected chi connectivity index (χ2v) is 7.55. The number of carboxylic acid groups (broad SMARTS) is 1. The lowest BCUT2D eigenvalue weighted by atomic mass is 9.92. The van der Waals surface area contributed by atoms with Crippen LogP contribution in [-0.2, 0) is 20.6 Å². The van der Waals surface area contributed by atoms with Crippen molar-refractivity contribution in [2.24, 2.45) is 5.92 Å². The number of amides is 2. The van der Waals surface area contributed by atoms with Gasteiger partial charge in [-0.25, -0.2) is 13.2 Å². The van der Waals surface area contributed by atoms with Crippen LogP contribution < -0.4 is 4.72 Å². The van der Waals surface area contributed by atoms with Crippen molar-refractivity contribution >= 4 is 22.0 Å². The molecule has 1 heterocycles. The van der Waals surface area contributed by atoms with Crippen LogP contribution in [0.25, 0.3) is 0 Å². The molecule has 23 heavy (non-hydrogen) atoms. The van der Waals surface area contributed by atoms with Gasteiger partial charge in [0.05, 0.1) is 5.75 Å². The molecule has 1 unspecified atom stereocenters. The highest BCUT2D eigenvalue weighted by Gasteiger charge is 2.36. The van der Waals surface area contributed by atoms with Crippen molar-refractivity contribution in [3.05, 3.63) is 35.9 Å². The molecule has 2 rings (SSSR count). The molecule has 0 aromatic heterocycles. The maximum Gasteiger partial charge on any atom is 0.407 e. The number of nitrogens with zero attached hydrogens (tertiary/aromatic N) is 1. The summed E-state index contributed by atoms with van der Waals surface area (Å²) < 4.78 is 26.2. The molecule has 2 amide bonds. The summed E-state index contributed by atoms with van der Waals surface area (Å²) >= 11 is 0. The molecule has 126 valence electrons. The summed E-state index contributed by atoms with van der Waals surface area (Å²) in [4.78, 5) is 24.5. The quantitative estimate of drug-likeness (QED) is 0.862. The number of hydrogen-bond donors (Lipinski definition) is 2. The van der Waals surface area contributed by atoms with Crippen LogP contribution in [0.2, 0.25) is 0 Å². The first kappa shape index (κ1) is 17.3. The number of rotatable bonds is 4. The minimum absolute atomic E-state index is 0.165. The first-order chi connectivity index (χ1) is 10.8. The van der Waals surface area contributed by atoms with E-state index in [1.165, 1.54) is 0 Å². The Bertz CT molecular complexity index is 674. The number of benzene rings is 1. The zero-order chi connectivity index (χ0) is 17.0. The van der Waals surface area contributed by atoms with Gasteiger partial charge in [0, 0.05) is 6.54 Å². The van der Waals surface area contributed by atoms with Crippen molar-refractivity contribution in [2.75, 3.05) is 6.54 Å². The number of piperidine rings is 1. The van der Waals surface area contributed by atoms with Gasteiger partial charge >= 0.3 is 6.09 Å². The van der Waals surface area contributed by atoms with Crippen LogP contribution >= 0.6 is 0 Å². The number of likely N-dealkylation sites (tertiary alicyclic amines) is 1. The molecular formula is C15H20N2O5S. The lowest BCUT2D eigenvalue weighted by molar-refractivity contribution is -0.125. The molecule has 1 aliphatic heterocycles. The fourth-order valence-corrected chi connectivity index (χ4v) is 3.82. The average molecular weight is 340 g/mol. The molecule has 1 saturated heterocycles. The van der Waals surface area contributed by atoms with E-state index in [0.717, 1.165) is 4.90 Å². The van der Waals surface area contributed by atoms with Gasteiger partial charge in [0.25, 0.3) is 5.91 Å². The van der Waals surface area contributed by atoms with Crippen LogP contribution in [0.3, 0.4) is 0 Å². The maximum atomic E-state index is 12.3. The van der Waals surface area contributed by atoms with Crippen molar-refractivity contribution in [1.29, 1.82) is 0 Å². The molecule has 2 N–H and O–H groups in total. The third-order valence-electron chi connectivity index (χ3n) is 3.87. The number of nitrogens with one attached hydrogen (secondary N) is 1. The van der Waals surface area contributed by atoms with Crippen LogP contribution in [0.4, 0.5) is 4.79 Å². The monoisotopic (exact) mass is 340 g/mol. The third kappa shape index (κ3) is 4.69. The Morgan fingerprint density at radius 3 is 2.57 bits per heavy atom. The highest BCUT2D eigenvalue weighted by Crippen LogP contribution is 2.23. The minimum Gasteiger partial charge on any atom is -0.465 e. The molecule has 1 aromatic rings. The van der Waals surface area contributed by atoms with E-state index in [4.69, 9.17) is 0 Å². The predicted octanol–water partition coefficient (Wildman–Crippen LogP) is 1.41. The van der Waals surface area contributed by atoms with Crippen molar-refractivity contribution in [3.63, 3.8) is 0 Å². The molecule has 0 spiro atoms. The lowest BCUT2D eigenvalue weighted by Gasteiger charge is -2.35. The van der Waals surface area contributed by atoms with Crippen LogP contribution in [0, 0.1) is 5.92 Å². The lowest BCUT2D eigenvalue weighted by Crippen LogP contribution is -2.54. The third-order valence-corrected chi connectivity index (χ3v) is 5.09. The summed E-state index contributed by atoms with van der Waals surface area (Å²) in [6.07, 6.45) is -0.233. The van der Waals surface area contributed by atoms with E-state index >= 15 is 0 Å². The van der Waals surface area contributed by atoms with Crippen molar-refractivity contribution in [2.45, 2.75) is 31.6 Å². The van der Waals surface area contributed by atoms with Gasteiger partial charge in [0.2, 0.25) is 10.0 Å². The Hall–Kier alpha value is -2.09. The molecule has 8 heteroatoms. The fourth-order valence-electron chi connectivity index (χ4n) is 2.67. The molecule has 1 fully saturated rings. The van der Waals surface area contributed by atoms with Crippen LogP contribution in [-0.4, -0.2) is 43.0 Å². The molecule has 7 nitrogen and oxygen atoms in total.